The fourth-order valence-electron chi connectivity index (χ4n) is 1.71. The second kappa shape index (κ2) is 5.82. The van der Waals surface area contributed by atoms with E-state index in [-0.39, 0.29) is 0 Å². The predicted octanol–water partition coefficient (Wildman–Crippen LogP) is 2.93. The maximum absolute atomic E-state index is 3.37. The van der Waals surface area contributed by atoms with E-state index in [1.807, 2.05) is 0 Å². The fraction of sp³-hybridized carbons (Fsp3) is 0.538. The van der Waals surface area contributed by atoms with Gasteiger partial charge in [-0.3, -0.25) is 0 Å². The molecule has 1 unspecified atom stereocenters. The number of aryl methyl sites for hydroxylation is 1. The Labute approximate surface area is 87.5 Å². The van der Waals surface area contributed by atoms with Gasteiger partial charge in [-0.15, -0.1) is 0 Å². The van der Waals surface area contributed by atoms with Crippen LogP contribution < -0.4 is 5.32 Å². The van der Waals surface area contributed by atoms with E-state index in [1.165, 1.54) is 24.0 Å². The van der Waals surface area contributed by atoms with Crippen molar-refractivity contribution in [2.75, 3.05) is 7.05 Å². The standard InChI is InChI=1S/C13H21N/c1-4-5-13(14-3)10-12-8-6-11(2)7-9-12/h6-9,13-14H,4-5,10H2,1-3H3. The number of hydrogen-bond acceptors (Lipinski definition) is 1. The minimum absolute atomic E-state index is 0.628. The summed E-state index contributed by atoms with van der Waals surface area (Å²) in [5.41, 5.74) is 2.77. The molecule has 1 nitrogen and oxygen atoms in total. The molecule has 0 radical (unpaired) electrons. The van der Waals surface area contributed by atoms with Gasteiger partial charge in [0.15, 0.2) is 0 Å². The number of benzene rings is 1. The van der Waals surface area contributed by atoms with Gasteiger partial charge in [0, 0.05) is 6.04 Å². The second-order valence-electron chi connectivity index (χ2n) is 3.96. The molecule has 0 aliphatic carbocycles. The summed E-state index contributed by atoms with van der Waals surface area (Å²) in [4.78, 5) is 0. The quantitative estimate of drug-likeness (QED) is 0.754. The van der Waals surface area contributed by atoms with Gasteiger partial charge in [0.1, 0.15) is 0 Å². The van der Waals surface area contributed by atoms with Crippen molar-refractivity contribution in [2.45, 2.75) is 39.2 Å². The maximum Gasteiger partial charge on any atom is 0.0104 e. The monoisotopic (exact) mass is 191 g/mol. The summed E-state index contributed by atoms with van der Waals surface area (Å²) in [5.74, 6) is 0. The van der Waals surface area contributed by atoms with Gasteiger partial charge >= 0.3 is 0 Å². The Morgan fingerprint density at radius 1 is 1.21 bits per heavy atom. The molecule has 1 N–H and O–H groups in total. The third-order valence-corrected chi connectivity index (χ3v) is 2.65. The molecule has 1 heteroatoms. The first kappa shape index (κ1) is 11.3. The van der Waals surface area contributed by atoms with Crippen molar-refractivity contribution in [1.29, 1.82) is 0 Å². The molecule has 0 aromatic heterocycles. The van der Waals surface area contributed by atoms with E-state index in [9.17, 15) is 0 Å². The van der Waals surface area contributed by atoms with Crippen molar-refractivity contribution < 1.29 is 0 Å². The third kappa shape index (κ3) is 3.51. The Balaban J connectivity index is 2.53. The van der Waals surface area contributed by atoms with Gasteiger partial charge in [0.2, 0.25) is 0 Å². The first-order valence-electron chi connectivity index (χ1n) is 5.49. The summed E-state index contributed by atoms with van der Waals surface area (Å²) in [6, 6.07) is 9.47. The first-order valence-corrected chi connectivity index (χ1v) is 5.49. The number of nitrogens with one attached hydrogen (secondary N) is 1. The average molecular weight is 191 g/mol. The van der Waals surface area contributed by atoms with Crippen LogP contribution in [0, 0.1) is 6.92 Å². The lowest BCUT2D eigenvalue weighted by Crippen LogP contribution is -2.27. The van der Waals surface area contributed by atoms with Crippen LogP contribution in [0.5, 0.6) is 0 Å². The molecule has 0 bridgehead atoms. The van der Waals surface area contributed by atoms with Crippen molar-refractivity contribution in [1.82, 2.24) is 5.32 Å². The van der Waals surface area contributed by atoms with Crippen LogP contribution in [0.3, 0.4) is 0 Å². The number of likely N-dealkylation sites (N-methyl/N-ethyl adjacent to an activating group) is 1. The van der Waals surface area contributed by atoms with Gasteiger partial charge in [-0.2, -0.15) is 0 Å². The van der Waals surface area contributed by atoms with Crippen LogP contribution >= 0.6 is 0 Å². The molecule has 1 rings (SSSR count). The molecule has 0 aliphatic heterocycles. The third-order valence-electron chi connectivity index (χ3n) is 2.65. The van der Waals surface area contributed by atoms with Crippen LogP contribution in [0.25, 0.3) is 0 Å². The first-order chi connectivity index (χ1) is 6.76. The average Bonchev–Trinajstić information content (AvgIpc) is 2.20. The molecule has 1 aromatic rings. The summed E-state index contributed by atoms with van der Waals surface area (Å²) >= 11 is 0. The minimum atomic E-state index is 0.628. The summed E-state index contributed by atoms with van der Waals surface area (Å²) in [5, 5.41) is 3.37. The summed E-state index contributed by atoms with van der Waals surface area (Å²) in [7, 11) is 2.05. The Morgan fingerprint density at radius 2 is 1.86 bits per heavy atom. The topological polar surface area (TPSA) is 12.0 Å². The van der Waals surface area contributed by atoms with Crippen LogP contribution in [-0.2, 0) is 6.42 Å². The molecule has 0 amide bonds. The molecule has 0 spiro atoms. The molecule has 1 atom stereocenters. The molecule has 1 aromatic carbocycles. The van der Waals surface area contributed by atoms with Gasteiger partial charge in [-0.1, -0.05) is 43.2 Å². The molecule has 0 saturated carbocycles. The van der Waals surface area contributed by atoms with Crippen molar-refractivity contribution in [2.24, 2.45) is 0 Å². The van der Waals surface area contributed by atoms with Crippen molar-refractivity contribution in [3.05, 3.63) is 35.4 Å². The zero-order valence-electron chi connectivity index (χ0n) is 9.51. The number of hydrogen-bond donors (Lipinski definition) is 1. The van der Waals surface area contributed by atoms with Crippen molar-refractivity contribution >= 4 is 0 Å². The van der Waals surface area contributed by atoms with Gasteiger partial charge in [-0.25, -0.2) is 0 Å². The highest BCUT2D eigenvalue weighted by atomic mass is 14.9. The Morgan fingerprint density at radius 3 is 2.36 bits per heavy atom. The Hall–Kier alpha value is -0.820. The summed E-state index contributed by atoms with van der Waals surface area (Å²) in [6.45, 7) is 4.37. The van der Waals surface area contributed by atoms with Crippen molar-refractivity contribution in [3.8, 4) is 0 Å². The molecule has 14 heavy (non-hydrogen) atoms. The smallest absolute Gasteiger partial charge is 0.0104 e. The highest BCUT2D eigenvalue weighted by molar-refractivity contribution is 5.22. The molecule has 0 fully saturated rings. The molecule has 0 heterocycles. The lowest BCUT2D eigenvalue weighted by molar-refractivity contribution is 0.514. The van der Waals surface area contributed by atoms with E-state index in [0.717, 1.165) is 6.42 Å². The van der Waals surface area contributed by atoms with Gasteiger partial charge in [-0.05, 0) is 32.4 Å². The van der Waals surface area contributed by atoms with Crippen LogP contribution in [0.15, 0.2) is 24.3 Å². The van der Waals surface area contributed by atoms with Gasteiger partial charge < -0.3 is 5.32 Å². The fourth-order valence-corrected chi connectivity index (χ4v) is 1.71. The lowest BCUT2D eigenvalue weighted by atomic mass is 10.0. The molecule has 78 valence electrons. The zero-order valence-corrected chi connectivity index (χ0v) is 9.51. The van der Waals surface area contributed by atoms with E-state index >= 15 is 0 Å². The summed E-state index contributed by atoms with van der Waals surface area (Å²) in [6.07, 6.45) is 3.65. The molecule has 0 saturated heterocycles. The zero-order chi connectivity index (χ0) is 10.4. The van der Waals surface area contributed by atoms with E-state index in [4.69, 9.17) is 0 Å². The SMILES string of the molecule is CCCC(Cc1ccc(C)cc1)NC. The van der Waals surface area contributed by atoms with Crippen LogP contribution in [0.4, 0.5) is 0 Å². The van der Waals surface area contributed by atoms with Gasteiger partial charge in [0.25, 0.3) is 0 Å². The normalized spacial score (nSPS) is 12.8. The Kier molecular flexibility index (Phi) is 4.68. The lowest BCUT2D eigenvalue weighted by Gasteiger charge is -2.15. The highest BCUT2D eigenvalue weighted by Gasteiger charge is 2.05. The minimum Gasteiger partial charge on any atom is -0.317 e. The van der Waals surface area contributed by atoms with E-state index < -0.39 is 0 Å². The molecule has 0 aliphatic rings. The second-order valence-corrected chi connectivity index (χ2v) is 3.96. The molecular weight excluding hydrogens is 170 g/mol. The highest BCUT2D eigenvalue weighted by Crippen LogP contribution is 2.08. The van der Waals surface area contributed by atoms with Crippen LogP contribution in [0.2, 0.25) is 0 Å². The van der Waals surface area contributed by atoms with E-state index in [0.29, 0.717) is 6.04 Å². The summed E-state index contributed by atoms with van der Waals surface area (Å²) < 4.78 is 0. The largest absolute Gasteiger partial charge is 0.317 e. The molecular formula is C13H21N. The van der Waals surface area contributed by atoms with E-state index in [1.54, 1.807) is 0 Å². The predicted molar refractivity (Wildman–Crippen MR) is 62.6 cm³/mol. The number of rotatable bonds is 5. The Bertz CT molecular complexity index is 250. The van der Waals surface area contributed by atoms with Crippen molar-refractivity contribution in [3.63, 3.8) is 0 Å². The maximum atomic E-state index is 3.37. The van der Waals surface area contributed by atoms with E-state index in [2.05, 4.69) is 50.5 Å². The van der Waals surface area contributed by atoms with Crippen LogP contribution in [0.1, 0.15) is 30.9 Å². The van der Waals surface area contributed by atoms with Gasteiger partial charge in [0.05, 0.1) is 0 Å². The van der Waals surface area contributed by atoms with Crippen LogP contribution in [-0.4, -0.2) is 13.1 Å².